The van der Waals surface area contributed by atoms with Crippen molar-refractivity contribution in [2.24, 2.45) is 4.99 Å². The molecule has 2 aromatic rings. The molecule has 0 radical (unpaired) electrons. The summed E-state index contributed by atoms with van der Waals surface area (Å²) in [6, 6.07) is 9.32. The fourth-order valence-corrected chi connectivity index (χ4v) is 5.20. The van der Waals surface area contributed by atoms with Crippen molar-refractivity contribution in [3.63, 3.8) is 0 Å². The minimum Gasteiger partial charge on any atom is -0.326 e. The van der Waals surface area contributed by atoms with Gasteiger partial charge < -0.3 is 9.88 Å². The summed E-state index contributed by atoms with van der Waals surface area (Å²) < 4.78 is 2.35. The van der Waals surface area contributed by atoms with Crippen molar-refractivity contribution in [2.45, 2.75) is 89.6 Å². The molecule has 1 aromatic carbocycles. The van der Waals surface area contributed by atoms with Crippen LogP contribution in [0.4, 0.5) is 5.69 Å². The van der Waals surface area contributed by atoms with Gasteiger partial charge in [0.1, 0.15) is 0 Å². The Morgan fingerprint density at radius 3 is 2.53 bits per heavy atom. The van der Waals surface area contributed by atoms with Crippen molar-refractivity contribution in [3.8, 4) is 0 Å². The largest absolute Gasteiger partial charge is 0.326 e. The second-order valence-corrected chi connectivity index (χ2v) is 9.39. The summed E-state index contributed by atoms with van der Waals surface area (Å²) in [6.07, 6.45) is 12.7. The van der Waals surface area contributed by atoms with Crippen LogP contribution < -0.4 is 10.1 Å². The monoisotopic (exact) mass is 447 g/mol. The molecule has 0 aliphatic heterocycles. The average molecular weight is 448 g/mol. The van der Waals surface area contributed by atoms with Gasteiger partial charge in [0.2, 0.25) is 5.91 Å². The topological polar surface area (TPSA) is 46.4 Å². The Hall–Kier alpha value is -1.59. The van der Waals surface area contributed by atoms with E-state index >= 15 is 0 Å². The van der Waals surface area contributed by atoms with E-state index in [0.717, 1.165) is 22.6 Å². The number of aryl methyl sites for hydroxylation is 1. The molecule has 164 valence electrons. The Morgan fingerprint density at radius 2 is 1.87 bits per heavy atom. The Kier molecular flexibility index (Phi) is 8.58. The van der Waals surface area contributed by atoms with Crippen LogP contribution in [0.5, 0.6) is 0 Å². The van der Waals surface area contributed by atoms with Gasteiger partial charge in [0.25, 0.3) is 0 Å². The number of nitrogens with one attached hydrogen (secondary N) is 1. The zero-order valence-electron chi connectivity index (χ0n) is 17.9. The molecule has 2 aliphatic rings. The summed E-state index contributed by atoms with van der Waals surface area (Å²) in [5.41, 5.74) is 3.34. The molecule has 1 amide bonds. The second-order valence-electron chi connectivity index (χ2n) is 8.56. The maximum atomic E-state index is 12.7. The van der Waals surface area contributed by atoms with Crippen molar-refractivity contribution in [1.82, 2.24) is 4.57 Å². The van der Waals surface area contributed by atoms with Crippen LogP contribution in [0.3, 0.4) is 0 Å². The van der Waals surface area contributed by atoms with Crippen LogP contribution in [0, 0.1) is 0 Å². The molecule has 2 aliphatic carbocycles. The Morgan fingerprint density at radius 1 is 1.13 bits per heavy atom. The normalized spacial score (nSPS) is 17.6. The lowest BCUT2D eigenvalue weighted by molar-refractivity contribution is -0.115. The number of rotatable bonds is 8. The van der Waals surface area contributed by atoms with Gasteiger partial charge in [-0.2, -0.15) is 0 Å². The highest BCUT2D eigenvalue weighted by Gasteiger charge is 2.28. The van der Waals surface area contributed by atoms with E-state index in [4.69, 9.17) is 4.99 Å². The molecule has 0 spiro atoms. The maximum absolute atomic E-state index is 12.7. The molecule has 0 unspecified atom stereocenters. The molecule has 0 bridgehead atoms. The number of carbonyl (C=O) groups is 1. The quantitative estimate of drug-likeness (QED) is 0.524. The van der Waals surface area contributed by atoms with E-state index in [-0.39, 0.29) is 18.3 Å². The van der Waals surface area contributed by atoms with Crippen molar-refractivity contribution < 1.29 is 4.79 Å². The summed E-state index contributed by atoms with van der Waals surface area (Å²) >= 11 is 1.71. The number of thiazole rings is 1. The standard InChI is InChI=1S/C24H33N3OS.ClH/c1-2-3-7-18-10-12-20(13-11-18)25-23(28)16-22-17-29-24(27(22)21-14-15-21)26-19-8-5-4-6-9-19;/h10-13,17,19,21H,2-9,14-16H2,1H3,(H,25,28);1H. The van der Waals surface area contributed by atoms with Gasteiger partial charge in [-0.15, -0.1) is 23.7 Å². The molecule has 2 saturated carbocycles. The molecule has 30 heavy (non-hydrogen) atoms. The minimum absolute atomic E-state index is 0. The lowest BCUT2D eigenvalue weighted by Gasteiger charge is -2.17. The highest BCUT2D eigenvalue weighted by atomic mass is 35.5. The number of hydrogen-bond donors (Lipinski definition) is 1. The molecule has 4 nitrogen and oxygen atoms in total. The predicted molar refractivity (Wildman–Crippen MR) is 128 cm³/mol. The van der Waals surface area contributed by atoms with Gasteiger partial charge >= 0.3 is 0 Å². The lowest BCUT2D eigenvalue weighted by Crippen LogP contribution is -2.23. The molecular formula is C24H34ClN3OS. The number of amides is 1. The number of benzene rings is 1. The summed E-state index contributed by atoms with van der Waals surface area (Å²) in [7, 11) is 0. The van der Waals surface area contributed by atoms with E-state index in [9.17, 15) is 4.79 Å². The van der Waals surface area contributed by atoms with E-state index in [1.165, 1.54) is 63.4 Å². The molecule has 1 heterocycles. The van der Waals surface area contributed by atoms with Gasteiger partial charge in [-0.3, -0.25) is 9.79 Å². The first-order valence-corrected chi connectivity index (χ1v) is 12.2. The number of hydrogen-bond acceptors (Lipinski definition) is 3. The molecule has 0 saturated heterocycles. The number of aromatic nitrogens is 1. The highest BCUT2D eigenvalue weighted by Crippen LogP contribution is 2.35. The summed E-state index contributed by atoms with van der Waals surface area (Å²) in [5.74, 6) is 0.0581. The van der Waals surface area contributed by atoms with Crippen molar-refractivity contribution in [2.75, 3.05) is 5.32 Å². The van der Waals surface area contributed by atoms with Crippen molar-refractivity contribution in [3.05, 3.63) is 45.7 Å². The number of nitrogens with zero attached hydrogens (tertiary/aromatic N) is 2. The molecule has 4 rings (SSSR count). The van der Waals surface area contributed by atoms with Gasteiger partial charge in [0, 0.05) is 22.8 Å². The van der Waals surface area contributed by atoms with Crippen LogP contribution in [0.1, 0.15) is 82.0 Å². The number of carbonyl (C=O) groups excluding carboxylic acids is 1. The first-order chi connectivity index (χ1) is 14.2. The van der Waals surface area contributed by atoms with Crippen LogP contribution in [0.15, 0.2) is 34.6 Å². The van der Waals surface area contributed by atoms with E-state index in [1.54, 1.807) is 11.3 Å². The van der Waals surface area contributed by atoms with Crippen molar-refractivity contribution in [1.29, 1.82) is 0 Å². The molecule has 1 aromatic heterocycles. The first-order valence-electron chi connectivity index (χ1n) is 11.3. The summed E-state index contributed by atoms with van der Waals surface area (Å²) in [4.78, 5) is 18.9. The van der Waals surface area contributed by atoms with E-state index in [0.29, 0.717) is 18.5 Å². The maximum Gasteiger partial charge on any atom is 0.230 e. The SMILES string of the molecule is CCCCc1ccc(NC(=O)Cc2csc(=NC3CCCCC3)n2C2CC2)cc1.Cl. The zero-order chi connectivity index (χ0) is 20.1. The Bertz CT molecular complexity index is 877. The fourth-order valence-electron chi connectivity index (χ4n) is 4.17. The number of halogens is 1. The highest BCUT2D eigenvalue weighted by molar-refractivity contribution is 7.07. The molecule has 2 fully saturated rings. The molecule has 6 heteroatoms. The van der Waals surface area contributed by atoms with E-state index in [1.807, 2.05) is 12.1 Å². The molecule has 0 atom stereocenters. The smallest absolute Gasteiger partial charge is 0.230 e. The van der Waals surface area contributed by atoms with Crippen LogP contribution in [0.2, 0.25) is 0 Å². The second kappa shape index (κ2) is 11.1. The average Bonchev–Trinajstić information content (AvgIpc) is 3.50. The third-order valence-electron chi connectivity index (χ3n) is 5.99. The van der Waals surface area contributed by atoms with Crippen LogP contribution in [0.25, 0.3) is 0 Å². The van der Waals surface area contributed by atoms with Gasteiger partial charge in [-0.25, -0.2) is 0 Å². The first kappa shape index (κ1) is 23.1. The fraction of sp³-hybridized carbons (Fsp3) is 0.583. The van der Waals surface area contributed by atoms with Gasteiger partial charge in [0.05, 0.1) is 12.5 Å². The van der Waals surface area contributed by atoms with Gasteiger partial charge in [0.15, 0.2) is 4.80 Å². The van der Waals surface area contributed by atoms with Crippen LogP contribution in [-0.2, 0) is 17.6 Å². The van der Waals surface area contributed by atoms with Gasteiger partial charge in [-0.1, -0.05) is 44.7 Å². The van der Waals surface area contributed by atoms with Crippen molar-refractivity contribution >= 4 is 35.3 Å². The Balaban J connectivity index is 0.00000256. The lowest BCUT2D eigenvalue weighted by atomic mass is 9.96. The predicted octanol–water partition coefficient (Wildman–Crippen LogP) is 6.06. The number of anilines is 1. The minimum atomic E-state index is 0. The van der Waals surface area contributed by atoms with Crippen LogP contribution >= 0.6 is 23.7 Å². The molecule has 1 N–H and O–H groups in total. The number of unbranched alkanes of at least 4 members (excludes halogenated alkanes) is 1. The zero-order valence-corrected chi connectivity index (χ0v) is 19.6. The van der Waals surface area contributed by atoms with E-state index in [2.05, 4.69) is 34.3 Å². The van der Waals surface area contributed by atoms with Crippen LogP contribution in [-0.4, -0.2) is 16.5 Å². The summed E-state index contributed by atoms with van der Waals surface area (Å²) in [5, 5.41) is 5.22. The Labute approximate surface area is 190 Å². The van der Waals surface area contributed by atoms with E-state index < -0.39 is 0 Å². The van der Waals surface area contributed by atoms with Gasteiger partial charge in [-0.05, 0) is 56.2 Å². The summed E-state index contributed by atoms with van der Waals surface area (Å²) in [6.45, 7) is 2.21. The third-order valence-corrected chi connectivity index (χ3v) is 6.90. The third kappa shape index (κ3) is 6.21. The molecular weight excluding hydrogens is 414 g/mol.